The Bertz CT molecular complexity index is 793. The molecule has 1 aliphatic rings. The number of aryl methyl sites for hydroxylation is 1. The Kier molecular flexibility index (Phi) is 4.68. The van der Waals surface area contributed by atoms with E-state index in [1.165, 1.54) is 25.1 Å². The Morgan fingerprint density at radius 1 is 1.12 bits per heavy atom. The normalized spacial score (nSPS) is 13.9. The summed E-state index contributed by atoms with van der Waals surface area (Å²) >= 11 is 0. The van der Waals surface area contributed by atoms with Gasteiger partial charge < -0.3 is 9.47 Å². The number of nitrogens with zero attached hydrogens (tertiary/aromatic N) is 1. The van der Waals surface area contributed by atoms with Crippen LogP contribution in [0.1, 0.15) is 19.4 Å². The topological polar surface area (TPSA) is 61.6 Å². The smallest absolute Gasteiger partial charge is 0.395 e. The fourth-order valence-corrected chi connectivity index (χ4v) is 2.28. The minimum absolute atomic E-state index is 0.168. The van der Waals surface area contributed by atoms with E-state index in [4.69, 9.17) is 0 Å². The first-order chi connectivity index (χ1) is 11.3. The van der Waals surface area contributed by atoms with E-state index in [0.717, 1.165) is 12.1 Å². The van der Waals surface area contributed by atoms with E-state index in [2.05, 4.69) is 9.47 Å². The van der Waals surface area contributed by atoms with Gasteiger partial charge in [0.15, 0.2) is 11.5 Å². The summed E-state index contributed by atoms with van der Waals surface area (Å²) in [6.07, 6.45) is -3.80. The molecule has 2 aromatic carbocycles. The number of alkyl halides is 2. The van der Waals surface area contributed by atoms with E-state index in [-0.39, 0.29) is 22.6 Å². The van der Waals surface area contributed by atoms with Crippen LogP contribution in [-0.4, -0.2) is 11.2 Å². The van der Waals surface area contributed by atoms with Gasteiger partial charge in [-0.05, 0) is 30.2 Å². The molecule has 0 aliphatic carbocycles. The highest BCUT2D eigenvalue weighted by Crippen LogP contribution is 2.47. The molecule has 0 N–H and O–H groups in total. The van der Waals surface area contributed by atoms with Crippen molar-refractivity contribution in [3.8, 4) is 22.6 Å². The molecule has 0 radical (unpaired) electrons. The highest BCUT2D eigenvalue weighted by Gasteiger charge is 2.44. The maximum atomic E-state index is 13.8. The van der Waals surface area contributed by atoms with Crippen LogP contribution in [-0.2, 0) is 0 Å². The van der Waals surface area contributed by atoms with Crippen LogP contribution in [0, 0.1) is 22.9 Å². The molecular weight excluding hydrogens is 327 g/mol. The number of benzene rings is 2. The van der Waals surface area contributed by atoms with Crippen LogP contribution < -0.4 is 9.47 Å². The summed E-state index contributed by atoms with van der Waals surface area (Å²) in [5, 5.41) is 10.7. The first-order valence-electron chi connectivity index (χ1n) is 7.12. The van der Waals surface area contributed by atoms with Gasteiger partial charge in [-0.2, -0.15) is 4.39 Å². The van der Waals surface area contributed by atoms with Gasteiger partial charge in [-0.25, -0.2) is 0 Å². The molecule has 0 unspecified atom stereocenters. The third-order valence-electron chi connectivity index (χ3n) is 3.21. The predicted octanol–water partition coefficient (Wildman–Crippen LogP) is 5.06. The second-order valence-electron chi connectivity index (χ2n) is 4.68. The van der Waals surface area contributed by atoms with Crippen molar-refractivity contribution in [1.29, 1.82) is 0 Å². The number of hydrogen-bond acceptors (Lipinski definition) is 4. The van der Waals surface area contributed by atoms with Crippen LogP contribution in [0.5, 0.6) is 11.5 Å². The molecule has 0 saturated carbocycles. The Morgan fingerprint density at radius 2 is 1.79 bits per heavy atom. The lowest BCUT2D eigenvalue weighted by Crippen LogP contribution is -2.26. The highest BCUT2D eigenvalue weighted by atomic mass is 19.3. The summed E-state index contributed by atoms with van der Waals surface area (Å²) < 4.78 is 48.9. The monoisotopic (exact) mass is 341 g/mol. The third kappa shape index (κ3) is 3.12. The Balaban J connectivity index is 0.00000100. The maximum absolute atomic E-state index is 13.8. The number of para-hydroxylation sites is 1. The van der Waals surface area contributed by atoms with E-state index in [0.29, 0.717) is 5.56 Å². The standard InChI is InChI=1S/C14H8F3NO4.C2H6/c1-7-5-11(18(19)20)10(15)6-9(7)8-3-2-4-12-13(8)22-14(16,17)21-12;1-2/h2-6H,1H3;1-2H3. The molecule has 8 heteroatoms. The highest BCUT2D eigenvalue weighted by molar-refractivity contribution is 5.77. The second-order valence-corrected chi connectivity index (χ2v) is 4.68. The number of fused-ring (bicyclic) bond motifs is 1. The molecule has 3 rings (SSSR count). The van der Waals surface area contributed by atoms with Crippen molar-refractivity contribution in [2.24, 2.45) is 0 Å². The molecule has 0 fully saturated rings. The number of ether oxygens (including phenoxy) is 2. The summed E-state index contributed by atoms with van der Waals surface area (Å²) in [6, 6.07) is 6.13. The van der Waals surface area contributed by atoms with Crippen molar-refractivity contribution in [1.82, 2.24) is 0 Å². The van der Waals surface area contributed by atoms with Crippen molar-refractivity contribution in [3.05, 3.63) is 51.8 Å². The number of nitro benzene ring substituents is 1. The summed E-state index contributed by atoms with van der Waals surface area (Å²) in [4.78, 5) is 9.86. The van der Waals surface area contributed by atoms with Gasteiger partial charge in [0.05, 0.1) is 4.92 Å². The molecule has 0 bridgehead atoms. The first kappa shape index (κ1) is 17.6. The molecule has 0 aromatic heterocycles. The van der Waals surface area contributed by atoms with Gasteiger partial charge in [-0.3, -0.25) is 10.1 Å². The molecule has 0 saturated heterocycles. The lowest BCUT2D eigenvalue weighted by Gasteiger charge is -2.10. The van der Waals surface area contributed by atoms with Crippen LogP contribution in [0.25, 0.3) is 11.1 Å². The summed E-state index contributed by atoms with van der Waals surface area (Å²) in [6.45, 7) is 5.51. The molecule has 5 nitrogen and oxygen atoms in total. The van der Waals surface area contributed by atoms with Gasteiger partial charge >= 0.3 is 12.0 Å². The number of rotatable bonds is 2. The number of halogens is 3. The van der Waals surface area contributed by atoms with E-state index >= 15 is 0 Å². The van der Waals surface area contributed by atoms with Gasteiger partial charge in [-0.15, -0.1) is 8.78 Å². The van der Waals surface area contributed by atoms with Crippen LogP contribution in [0.15, 0.2) is 30.3 Å². The Morgan fingerprint density at radius 3 is 2.42 bits per heavy atom. The zero-order chi connectivity index (χ0) is 18.1. The van der Waals surface area contributed by atoms with Crippen molar-refractivity contribution >= 4 is 5.69 Å². The van der Waals surface area contributed by atoms with E-state index in [9.17, 15) is 23.3 Å². The molecular formula is C16H14F3NO4. The molecule has 0 amide bonds. The average Bonchev–Trinajstić information content (AvgIpc) is 2.84. The fourth-order valence-electron chi connectivity index (χ4n) is 2.28. The largest absolute Gasteiger partial charge is 0.586 e. The molecule has 0 atom stereocenters. The first-order valence-corrected chi connectivity index (χ1v) is 7.12. The third-order valence-corrected chi connectivity index (χ3v) is 3.21. The van der Waals surface area contributed by atoms with Crippen LogP contribution in [0.2, 0.25) is 0 Å². The van der Waals surface area contributed by atoms with Crippen LogP contribution in [0.3, 0.4) is 0 Å². The molecule has 1 aliphatic heterocycles. The lowest BCUT2D eigenvalue weighted by molar-refractivity contribution is -0.387. The SMILES string of the molecule is CC.Cc1cc([N+](=O)[O-])c(F)cc1-c1cccc2c1OC(F)(F)O2. The fraction of sp³-hybridized carbons (Fsp3) is 0.250. The maximum Gasteiger partial charge on any atom is 0.586 e. The average molecular weight is 341 g/mol. The van der Waals surface area contributed by atoms with E-state index in [1.54, 1.807) is 0 Å². The minimum Gasteiger partial charge on any atom is -0.395 e. The lowest BCUT2D eigenvalue weighted by atomic mass is 9.98. The Labute approximate surface area is 135 Å². The van der Waals surface area contributed by atoms with E-state index < -0.39 is 22.7 Å². The zero-order valence-corrected chi connectivity index (χ0v) is 13.1. The molecule has 2 aromatic rings. The second kappa shape index (κ2) is 6.38. The van der Waals surface area contributed by atoms with Crippen molar-refractivity contribution in [2.75, 3.05) is 0 Å². The van der Waals surface area contributed by atoms with Crippen molar-refractivity contribution < 1.29 is 27.6 Å². The van der Waals surface area contributed by atoms with Crippen LogP contribution >= 0.6 is 0 Å². The van der Waals surface area contributed by atoms with Crippen LogP contribution in [0.4, 0.5) is 18.9 Å². The van der Waals surface area contributed by atoms with Crippen molar-refractivity contribution in [2.45, 2.75) is 27.1 Å². The van der Waals surface area contributed by atoms with Gasteiger partial charge in [0.25, 0.3) is 0 Å². The van der Waals surface area contributed by atoms with Gasteiger partial charge in [-0.1, -0.05) is 26.0 Å². The molecule has 128 valence electrons. The number of hydrogen-bond donors (Lipinski definition) is 0. The Hall–Kier alpha value is -2.77. The minimum atomic E-state index is -3.80. The van der Waals surface area contributed by atoms with Gasteiger partial charge in [0.2, 0.25) is 5.82 Å². The summed E-state index contributed by atoms with van der Waals surface area (Å²) in [5.41, 5.74) is 0.0406. The quantitative estimate of drug-likeness (QED) is 0.566. The van der Waals surface area contributed by atoms with Gasteiger partial charge in [0.1, 0.15) is 0 Å². The van der Waals surface area contributed by atoms with E-state index in [1.807, 2.05) is 13.8 Å². The van der Waals surface area contributed by atoms with Crippen molar-refractivity contribution in [3.63, 3.8) is 0 Å². The number of nitro groups is 1. The summed E-state index contributed by atoms with van der Waals surface area (Å²) in [7, 11) is 0. The predicted molar refractivity (Wildman–Crippen MR) is 80.8 cm³/mol. The molecule has 1 heterocycles. The molecule has 0 spiro atoms. The summed E-state index contributed by atoms with van der Waals surface area (Å²) in [5.74, 6) is -1.47. The zero-order valence-electron chi connectivity index (χ0n) is 13.1. The van der Waals surface area contributed by atoms with Gasteiger partial charge in [0, 0.05) is 11.6 Å². The molecule has 24 heavy (non-hydrogen) atoms.